The highest BCUT2D eigenvalue weighted by Crippen LogP contribution is 2.28. The number of hydrogen-bond acceptors (Lipinski definition) is 5. The van der Waals surface area contributed by atoms with Crippen LogP contribution >= 0.6 is 0 Å². The zero-order chi connectivity index (χ0) is 18.6. The van der Waals surface area contributed by atoms with Crippen LogP contribution in [0.3, 0.4) is 0 Å². The molecule has 0 fully saturated rings. The molecule has 0 spiro atoms. The van der Waals surface area contributed by atoms with Gasteiger partial charge in [-0.2, -0.15) is 10.1 Å². The molecule has 0 bridgehead atoms. The third-order valence-corrected chi connectivity index (χ3v) is 3.53. The number of hydrazone groups is 1. The second kappa shape index (κ2) is 7.42. The van der Waals surface area contributed by atoms with Crippen LogP contribution in [-0.4, -0.2) is 23.3 Å². The largest absolute Gasteiger partial charge is 0.572 e. The molecule has 0 saturated carbocycles. The fraction of sp³-hybridized carbons (Fsp3) is 0.294. The van der Waals surface area contributed by atoms with Gasteiger partial charge in [-0.05, 0) is 31.6 Å². The summed E-state index contributed by atoms with van der Waals surface area (Å²) < 4.78 is 40.4. The van der Waals surface area contributed by atoms with Gasteiger partial charge in [-0.1, -0.05) is 18.7 Å². The van der Waals surface area contributed by atoms with Crippen LogP contribution in [0.15, 0.2) is 69.5 Å². The first kappa shape index (κ1) is 18.6. The molecule has 0 aromatic rings. The Hall–Kier alpha value is -2.77. The monoisotopic (exact) mass is 352 g/mol. The third kappa shape index (κ3) is 4.85. The molecule has 0 amide bonds. The minimum atomic E-state index is -4.71. The van der Waals surface area contributed by atoms with Gasteiger partial charge < -0.3 is 10.5 Å². The molecular formula is C17H19F3N4O. The van der Waals surface area contributed by atoms with Crippen molar-refractivity contribution in [2.45, 2.75) is 33.1 Å². The van der Waals surface area contributed by atoms with Crippen LogP contribution < -0.4 is 5.73 Å². The van der Waals surface area contributed by atoms with E-state index in [1.807, 2.05) is 13.0 Å². The van der Waals surface area contributed by atoms with Crippen LogP contribution in [0.4, 0.5) is 13.2 Å². The molecule has 0 unspecified atom stereocenters. The van der Waals surface area contributed by atoms with Crippen LogP contribution in [-0.2, 0) is 4.74 Å². The number of ether oxygens (including phenoxy) is 1. The van der Waals surface area contributed by atoms with Gasteiger partial charge in [0.25, 0.3) is 0 Å². The van der Waals surface area contributed by atoms with Gasteiger partial charge in [-0.3, -0.25) is 0 Å². The van der Waals surface area contributed by atoms with Crippen molar-refractivity contribution in [1.29, 1.82) is 0 Å². The number of nitrogens with two attached hydrogens (primary N) is 1. The molecule has 0 atom stereocenters. The molecule has 0 aliphatic carbocycles. The molecule has 5 nitrogen and oxygen atoms in total. The number of hydrogen-bond donors (Lipinski definition) is 1. The lowest BCUT2D eigenvalue weighted by molar-refractivity contribution is -0.305. The topological polar surface area (TPSA) is 63.2 Å². The van der Waals surface area contributed by atoms with Gasteiger partial charge in [0.15, 0.2) is 5.82 Å². The fourth-order valence-electron chi connectivity index (χ4n) is 2.33. The molecule has 134 valence electrons. The minimum Gasteiger partial charge on any atom is -0.411 e. The van der Waals surface area contributed by atoms with Gasteiger partial charge in [-0.25, -0.2) is 4.99 Å². The Kier molecular flexibility index (Phi) is 5.51. The van der Waals surface area contributed by atoms with Crippen LogP contribution in [0.5, 0.6) is 0 Å². The van der Waals surface area contributed by atoms with Crippen molar-refractivity contribution in [3.05, 3.63) is 59.4 Å². The maximum atomic E-state index is 12.2. The van der Waals surface area contributed by atoms with Crippen LogP contribution in [0.2, 0.25) is 0 Å². The Morgan fingerprint density at radius 1 is 1.44 bits per heavy atom. The van der Waals surface area contributed by atoms with E-state index in [1.54, 1.807) is 17.3 Å². The van der Waals surface area contributed by atoms with E-state index in [2.05, 4.69) is 21.4 Å². The number of halogens is 3. The molecule has 0 radical (unpaired) electrons. The number of aliphatic imine (C=N–C) groups is 1. The quantitative estimate of drug-likeness (QED) is 0.598. The molecule has 2 N–H and O–H groups in total. The highest BCUT2D eigenvalue weighted by molar-refractivity contribution is 6.00. The predicted octanol–water partition coefficient (Wildman–Crippen LogP) is 4.11. The smallest absolute Gasteiger partial charge is 0.411 e. The average Bonchev–Trinajstić information content (AvgIpc) is 2.52. The van der Waals surface area contributed by atoms with E-state index in [0.29, 0.717) is 30.1 Å². The Labute approximate surface area is 144 Å². The maximum absolute atomic E-state index is 12.2. The molecule has 25 heavy (non-hydrogen) atoms. The first-order chi connectivity index (χ1) is 11.7. The van der Waals surface area contributed by atoms with Crippen molar-refractivity contribution in [1.82, 2.24) is 5.01 Å². The Balaban J connectivity index is 2.22. The van der Waals surface area contributed by atoms with Crippen molar-refractivity contribution in [3.8, 4) is 0 Å². The zero-order valence-electron chi connectivity index (χ0n) is 14.0. The number of allylic oxidation sites excluding steroid dienone is 7. The van der Waals surface area contributed by atoms with Crippen molar-refractivity contribution >= 4 is 11.9 Å². The van der Waals surface area contributed by atoms with Gasteiger partial charge >= 0.3 is 6.36 Å². The van der Waals surface area contributed by atoms with Crippen molar-refractivity contribution in [2.24, 2.45) is 15.8 Å². The van der Waals surface area contributed by atoms with E-state index < -0.39 is 6.36 Å². The van der Waals surface area contributed by atoms with Gasteiger partial charge in [-0.15, -0.1) is 13.2 Å². The molecule has 0 saturated heterocycles. The third-order valence-electron chi connectivity index (χ3n) is 3.53. The normalized spacial score (nSPS) is 18.7. The SMILES string of the molecule is C=C/C(=C\C=C(/C)OC(F)(F)F)CC1=C(N)N2N=CCC=C2N=C1C. The van der Waals surface area contributed by atoms with Gasteiger partial charge in [0.1, 0.15) is 11.6 Å². The summed E-state index contributed by atoms with van der Waals surface area (Å²) in [5.74, 6) is 0.836. The first-order valence-electron chi connectivity index (χ1n) is 7.54. The Bertz CT molecular complexity index is 739. The van der Waals surface area contributed by atoms with Crippen LogP contribution in [0.1, 0.15) is 26.7 Å². The molecule has 2 aliphatic rings. The summed E-state index contributed by atoms with van der Waals surface area (Å²) in [4.78, 5) is 4.47. The summed E-state index contributed by atoms with van der Waals surface area (Å²) >= 11 is 0. The number of nitrogens with zero attached hydrogens (tertiary/aromatic N) is 3. The highest BCUT2D eigenvalue weighted by Gasteiger charge is 2.30. The lowest BCUT2D eigenvalue weighted by Crippen LogP contribution is -2.30. The van der Waals surface area contributed by atoms with Crippen molar-refractivity contribution in [2.75, 3.05) is 0 Å². The highest BCUT2D eigenvalue weighted by atomic mass is 19.4. The molecule has 2 rings (SSSR count). The molecule has 0 aromatic carbocycles. The first-order valence-corrected chi connectivity index (χ1v) is 7.54. The van der Waals surface area contributed by atoms with E-state index >= 15 is 0 Å². The summed E-state index contributed by atoms with van der Waals surface area (Å²) in [7, 11) is 0. The summed E-state index contributed by atoms with van der Waals surface area (Å²) in [6.07, 6.45) is 4.26. The summed E-state index contributed by atoms with van der Waals surface area (Å²) in [5.41, 5.74) is 8.33. The van der Waals surface area contributed by atoms with E-state index in [0.717, 1.165) is 11.3 Å². The molecule has 2 aliphatic heterocycles. The summed E-state index contributed by atoms with van der Waals surface area (Å²) in [6, 6.07) is 0. The van der Waals surface area contributed by atoms with Crippen LogP contribution in [0.25, 0.3) is 0 Å². The lowest BCUT2D eigenvalue weighted by atomic mass is 10.00. The number of alkyl halides is 3. The second-order valence-electron chi connectivity index (χ2n) is 5.42. The summed E-state index contributed by atoms with van der Waals surface area (Å²) in [5, 5.41) is 5.75. The van der Waals surface area contributed by atoms with E-state index in [-0.39, 0.29) is 5.76 Å². The second-order valence-corrected chi connectivity index (χ2v) is 5.42. The maximum Gasteiger partial charge on any atom is 0.572 e. The summed E-state index contributed by atoms with van der Waals surface area (Å²) in [6.45, 7) is 6.75. The standard InChI is InChI=1S/C17H19F3N4O/c1-4-13(8-7-11(2)25-17(18,19)20)10-14-12(3)23-15-6-5-9-22-24(15)16(14)21/h4,6-9H,1,5,10,21H2,2-3H3/b11-7+,13-8+. The van der Waals surface area contributed by atoms with Gasteiger partial charge in [0, 0.05) is 30.3 Å². The Morgan fingerprint density at radius 3 is 2.80 bits per heavy atom. The number of rotatable bonds is 5. The van der Waals surface area contributed by atoms with Crippen molar-refractivity contribution in [3.63, 3.8) is 0 Å². The fourth-order valence-corrected chi connectivity index (χ4v) is 2.33. The predicted molar refractivity (Wildman–Crippen MR) is 91.1 cm³/mol. The molecule has 0 aromatic heterocycles. The lowest BCUT2D eigenvalue weighted by Gasteiger charge is -2.29. The van der Waals surface area contributed by atoms with E-state index in [4.69, 9.17) is 5.73 Å². The van der Waals surface area contributed by atoms with E-state index in [9.17, 15) is 13.2 Å². The Morgan fingerprint density at radius 2 is 2.16 bits per heavy atom. The average molecular weight is 352 g/mol. The molecule has 8 heteroatoms. The van der Waals surface area contributed by atoms with Gasteiger partial charge in [0.05, 0.1) is 0 Å². The molecular weight excluding hydrogens is 333 g/mol. The van der Waals surface area contributed by atoms with Crippen molar-refractivity contribution < 1.29 is 17.9 Å². The van der Waals surface area contributed by atoms with Gasteiger partial charge in [0.2, 0.25) is 0 Å². The van der Waals surface area contributed by atoms with E-state index in [1.165, 1.54) is 19.1 Å². The molecule has 2 heterocycles. The zero-order valence-corrected chi connectivity index (χ0v) is 14.0. The minimum absolute atomic E-state index is 0.270. The number of fused-ring (bicyclic) bond motifs is 1. The van der Waals surface area contributed by atoms with Crippen LogP contribution in [0, 0.1) is 0 Å².